The van der Waals surface area contributed by atoms with E-state index >= 15 is 0 Å². The number of fused-ring (bicyclic) bond motifs is 1. The van der Waals surface area contributed by atoms with Gasteiger partial charge in [0.1, 0.15) is 5.82 Å². The number of nitrogens with two attached hydrogens (primary N) is 1. The third-order valence-electron chi connectivity index (χ3n) is 3.17. The summed E-state index contributed by atoms with van der Waals surface area (Å²) in [6.45, 7) is 0. The van der Waals surface area contributed by atoms with E-state index in [2.05, 4.69) is 22.1 Å². The fraction of sp³-hybridized carbons (Fsp3) is 0.231. The summed E-state index contributed by atoms with van der Waals surface area (Å²) >= 11 is 0. The average molecular weight is 227 g/mol. The van der Waals surface area contributed by atoms with Crippen molar-refractivity contribution in [3.05, 3.63) is 45.9 Å². The van der Waals surface area contributed by atoms with Gasteiger partial charge in [-0.15, -0.1) is 0 Å². The summed E-state index contributed by atoms with van der Waals surface area (Å²) in [6.07, 6.45) is 3.49. The molecule has 17 heavy (non-hydrogen) atoms. The summed E-state index contributed by atoms with van der Waals surface area (Å²) in [5.74, 6) is 0.254. The van der Waals surface area contributed by atoms with Gasteiger partial charge in [0.25, 0.3) is 0 Å². The topological polar surface area (TPSA) is 71.8 Å². The molecule has 0 saturated carbocycles. The summed E-state index contributed by atoms with van der Waals surface area (Å²) in [4.78, 5) is 17.6. The van der Waals surface area contributed by atoms with E-state index in [9.17, 15) is 4.79 Å². The molecule has 0 unspecified atom stereocenters. The van der Waals surface area contributed by atoms with Crippen molar-refractivity contribution in [1.29, 1.82) is 0 Å². The Bertz CT molecular complexity index is 631. The van der Waals surface area contributed by atoms with Crippen LogP contribution in [-0.4, -0.2) is 9.97 Å². The van der Waals surface area contributed by atoms with Crippen molar-refractivity contribution < 1.29 is 0 Å². The molecule has 0 spiro atoms. The molecule has 0 saturated heterocycles. The van der Waals surface area contributed by atoms with E-state index in [0.29, 0.717) is 0 Å². The van der Waals surface area contributed by atoms with E-state index in [4.69, 9.17) is 5.73 Å². The largest absolute Gasteiger partial charge is 0.383 e. The quantitative estimate of drug-likeness (QED) is 0.775. The van der Waals surface area contributed by atoms with Crippen LogP contribution < -0.4 is 11.4 Å². The highest BCUT2D eigenvalue weighted by Crippen LogP contribution is 2.27. The number of aryl methyl sites for hydroxylation is 2. The molecule has 1 aliphatic carbocycles. The van der Waals surface area contributed by atoms with Crippen molar-refractivity contribution >= 4 is 5.82 Å². The smallest absolute Gasteiger partial charge is 0.347 e. The molecule has 3 rings (SSSR count). The van der Waals surface area contributed by atoms with E-state index in [1.807, 2.05) is 6.07 Å². The summed E-state index contributed by atoms with van der Waals surface area (Å²) in [6, 6.07) is 7.98. The van der Waals surface area contributed by atoms with E-state index in [-0.39, 0.29) is 5.82 Å². The van der Waals surface area contributed by atoms with Crippen LogP contribution in [0, 0.1) is 0 Å². The van der Waals surface area contributed by atoms with Gasteiger partial charge in [-0.2, -0.15) is 4.98 Å². The number of hydrogen-bond acceptors (Lipinski definition) is 3. The maximum absolute atomic E-state index is 11.3. The number of nitrogens with zero attached hydrogens (tertiary/aromatic N) is 1. The first-order chi connectivity index (χ1) is 8.22. The van der Waals surface area contributed by atoms with Gasteiger partial charge >= 0.3 is 5.69 Å². The van der Waals surface area contributed by atoms with E-state index in [1.165, 1.54) is 17.5 Å². The fourth-order valence-electron chi connectivity index (χ4n) is 2.37. The van der Waals surface area contributed by atoms with Crippen LogP contribution in [0.2, 0.25) is 0 Å². The lowest BCUT2D eigenvalue weighted by molar-refractivity contribution is 0.912. The summed E-state index contributed by atoms with van der Waals surface area (Å²) in [5.41, 5.74) is 9.70. The van der Waals surface area contributed by atoms with Crippen LogP contribution >= 0.6 is 0 Å². The van der Waals surface area contributed by atoms with Crippen molar-refractivity contribution in [1.82, 2.24) is 9.97 Å². The van der Waals surface area contributed by atoms with E-state index in [1.54, 1.807) is 6.07 Å². The Morgan fingerprint density at radius 3 is 2.82 bits per heavy atom. The predicted molar refractivity (Wildman–Crippen MR) is 66.7 cm³/mol. The minimum atomic E-state index is -0.402. The zero-order valence-electron chi connectivity index (χ0n) is 9.36. The van der Waals surface area contributed by atoms with Crippen LogP contribution in [0.25, 0.3) is 11.3 Å². The van der Waals surface area contributed by atoms with Crippen molar-refractivity contribution in [2.45, 2.75) is 19.3 Å². The lowest BCUT2D eigenvalue weighted by atomic mass is 10.0. The van der Waals surface area contributed by atoms with Gasteiger partial charge in [0, 0.05) is 6.07 Å². The van der Waals surface area contributed by atoms with Gasteiger partial charge in [0.2, 0.25) is 0 Å². The monoisotopic (exact) mass is 227 g/mol. The van der Waals surface area contributed by atoms with Gasteiger partial charge < -0.3 is 10.7 Å². The molecule has 0 amide bonds. The molecule has 1 aromatic heterocycles. The predicted octanol–water partition coefficient (Wildman–Crippen LogP) is 1.51. The maximum Gasteiger partial charge on any atom is 0.347 e. The van der Waals surface area contributed by atoms with Crippen LogP contribution in [0.3, 0.4) is 0 Å². The van der Waals surface area contributed by atoms with Crippen molar-refractivity contribution in [3.63, 3.8) is 0 Å². The second-order valence-electron chi connectivity index (χ2n) is 4.36. The van der Waals surface area contributed by atoms with Crippen LogP contribution in [0.4, 0.5) is 5.82 Å². The van der Waals surface area contributed by atoms with Crippen molar-refractivity contribution in [2.75, 3.05) is 5.73 Å². The third kappa shape index (κ3) is 1.82. The molecule has 86 valence electrons. The summed E-state index contributed by atoms with van der Waals surface area (Å²) in [7, 11) is 0. The van der Waals surface area contributed by atoms with E-state index < -0.39 is 5.69 Å². The van der Waals surface area contributed by atoms with Gasteiger partial charge in [-0.25, -0.2) is 4.79 Å². The van der Waals surface area contributed by atoms with Crippen molar-refractivity contribution in [3.8, 4) is 11.3 Å². The van der Waals surface area contributed by atoms with E-state index in [0.717, 1.165) is 24.1 Å². The van der Waals surface area contributed by atoms with Gasteiger partial charge in [-0.05, 0) is 42.0 Å². The molecule has 4 heteroatoms. The zero-order valence-corrected chi connectivity index (χ0v) is 9.36. The van der Waals surface area contributed by atoms with Crippen LogP contribution in [0.15, 0.2) is 29.1 Å². The number of aromatic amines is 1. The number of nitrogen functional groups attached to an aromatic ring is 1. The fourth-order valence-corrected chi connectivity index (χ4v) is 2.37. The second kappa shape index (κ2) is 3.73. The maximum atomic E-state index is 11.3. The minimum absolute atomic E-state index is 0.254. The molecule has 0 radical (unpaired) electrons. The normalized spacial score (nSPS) is 13.6. The minimum Gasteiger partial charge on any atom is -0.383 e. The Balaban J connectivity index is 2.12. The standard InChI is InChI=1S/C13H13N3O/c14-12-7-11(15-13(17)16-12)10-5-4-8-2-1-3-9(8)6-10/h4-7H,1-3H2,(H3,14,15,16,17). The first kappa shape index (κ1) is 10.1. The third-order valence-corrected chi connectivity index (χ3v) is 3.17. The average Bonchev–Trinajstić information content (AvgIpc) is 2.74. The Kier molecular flexibility index (Phi) is 2.21. The second-order valence-corrected chi connectivity index (χ2v) is 4.36. The number of anilines is 1. The van der Waals surface area contributed by atoms with Crippen LogP contribution in [0.1, 0.15) is 17.5 Å². The SMILES string of the molecule is Nc1cc(-c2ccc3c(c2)CCC3)[nH]c(=O)n1. The highest BCUT2D eigenvalue weighted by Gasteiger charge is 2.11. The Labute approximate surface area is 98.5 Å². The van der Waals surface area contributed by atoms with Gasteiger partial charge in [-0.1, -0.05) is 12.1 Å². The molecule has 0 bridgehead atoms. The molecular formula is C13H13N3O. The first-order valence-electron chi connectivity index (χ1n) is 5.71. The molecule has 3 N–H and O–H groups in total. The Hall–Kier alpha value is -2.10. The lowest BCUT2D eigenvalue weighted by Crippen LogP contribution is -2.13. The number of rotatable bonds is 1. The zero-order chi connectivity index (χ0) is 11.8. The molecular weight excluding hydrogens is 214 g/mol. The van der Waals surface area contributed by atoms with Gasteiger partial charge in [-0.3, -0.25) is 0 Å². The molecule has 2 aromatic rings. The number of benzene rings is 1. The molecule has 0 aliphatic heterocycles. The van der Waals surface area contributed by atoms with Crippen LogP contribution in [0.5, 0.6) is 0 Å². The Morgan fingerprint density at radius 1 is 1.18 bits per heavy atom. The molecule has 1 aliphatic rings. The van der Waals surface area contributed by atoms with Gasteiger partial charge in [0.05, 0.1) is 5.69 Å². The number of nitrogens with one attached hydrogen (secondary N) is 1. The lowest BCUT2D eigenvalue weighted by Gasteiger charge is -2.05. The molecule has 1 heterocycles. The summed E-state index contributed by atoms with van der Waals surface area (Å²) in [5, 5.41) is 0. The van der Waals surface area contributed by atoms with Crippen molar-refractivity contribution in [2.24, 2.45) is 0 Å². The Morgan fingerprint density at radius 2 is 2.00 bits per heavy atom. The molecule has 4 nitrogen and oxygen atoms in total. The number of hydrogen-bond donors (Lipinski definition) is 2. The number of aromatic nitrogens is 2. The van der Waals surface area contributed by atoms with Gasteiger partial charge in [0.15, 0.2) is 0 Å². The highest BCUT2D eigenvalue weighted by atomic mass is 16.1. The molecule has 1 aromatic carbocycles. The first-order valence-corrected chi connectivity index (χ1v) is 5.71. The highest BCUT2D eigenvalue weighted by molar-refractivity contribution is 5.63. The number of H-pyrrole nitrogens is 1. The van der Waals surface area contributed by atoms with Crippen LogP contribution in [-0.2, 0) is 12.8 Å². The molecule has 0 atom stereocenters. The summed E-state index contributed by atoms with van der Waals surface area (Å²) < 4.78 is 0. The molecule has 0 fully saturated rings.